The zero-order valence-corrected chi connectivity index (χ0v) is 30.8. The summed E-state index contributed by atoms with van der Waals surface area (Å²) in [6, 6.07) is 8.24. The number of hydrogen-bond donors (Lipinski definition) is 3. The molecule has 1 aromatic carbocycles. The molecule has 3 N–H and O–H groups in total. The fourth-order valence-electron chi connectivity index (χ4n) is 7.58. The third-order valence-corrected chi connectivity index (χ3v) is 12.1. The molecule has 14 heteroatoms. The van der Waals surface area contributed by atoms with Crippen molar-refractivity contribution in [2.24, 2.45) is 13.0 Å². The lowest BCUT2D eigenvalue weighted by Gasteiger charge is -2.30. The van der Waals surface area contributed by atoms with Crippen LogP contribution in [0.2, 0.25) is 5.02 Å². The van der Waals surface area contributed by atoms with E-state index in [9.17, 15) is 14.4 Å². The molecule has 8 rings (SSSR count). The molecule has 4 aliphatic rings. The molecule has 2 aliphatic carbocycles. The molecule has 2 aliphatic heterocycles. The van der Waals surface area contributed by atoms with Gasteiger partial charge in [0.25, 0.3) is 5.91 Å². The molecule has 0 radical (unpaired) electrons. The van der Waals surface area contributed by atoms with Crippen LogP contribution < -0.4 is 20.7 Å². The second-order valence-corrected chi connectivity index (χ2v) is 15.8. The van der Waals surface area contributed by atoms with Gasteiger partial charge in [0.1, 0.15) is 18.4 Å². The summed E-state index contributed by atoms with van der Waals surface area (Å²) in [5.41, 5.74) is 5.65. The first-order chi connectivity index (χ1) is 25.3. The van der Waals surface area contributed by atoms with Crippen LogP contribution in [0.5, 0.6) is 5.75 Å². The molecule has 272 valence electrons. The summed E-state index contributed by atoms with van der Waals surface area (Å²) in [5.74, 6) is 1.28. The van der Waals surface area contributed by atoms with E-state index in [4.69, 9.17) is 21.3 Å². The Bertz CT molecular complexity index is 1970. The smallest absolute Gasteiger partial charge is 0.256 e. The standard InChI is InChI=1S/C38H43ClN8O4S/c1-46-32(15-22-5-6-22)27(17-42-46)35-30(39)18-41-38(45-35)43-25-11-9-24(10-12-25)40-16-23-7-13-26(14-8-23)51-20-33-28-19-47(37(50)29(28)21-52-33)31-3-2-4-34(48)44-36(31)49/h7-8,13-14,17-18,21-22,24-25,31,40H,2-6,9-12,15-16,19-20H2,1H3,(H,41,43,45)(H,44,48,49)/t24?,25?,31-/m0/s1. The highest BCUT2D eigenvalue weighted by Gasteiger charge is 2.39. The van der Waals surface area contributed by atoms with Crippen molar-refractivity contribution in [3.8, 4) is 17.0 Å². The second-order valence-electron chi connectivity index (χ2n) is 14.5. The number of aryl methyl sites for hydroxylation is 1. The summed E-state index contributed by atoms with van der Waals surface area (Å²) in [4.78, 5) is 49.4. The van der Waals surface area contributed by atoms with E-state index < -0.39 is 6.04 Å². The minimum atomic E-state index is -0.626. The van der Waals surface area contributed by atoms with E-state index in [0.717, 1.165) is 72.0 Å². The maximum Gasteiger partial charge on any atom is 0.256 e. The van der Waals surface area contributed by atoms with Gasteiger partial charge in [0, 0.05) is 65.7 Å². The Hall–Kier alpha value is -4.33. The molecule has 3 amide bonds. The molecule has 2 saturated carbocycles. The Kier molecular flexibility index (Phi) is 9.99. The number of ether oxygens (including phenoxy) is 1. The molecule has 4 aromatic rings. The number of nitrogens with zero attached hydrogens (tertiary/aromatic N) is 5. The molecule has 0 unspecified atom stereocenters. The first-order valence-corrected chi connectivity index (χ1v) is 19.5. The van der Waals surface area contributed by atoms with Crippen molar-refractivity contribution < 1.29 is 19.1 Å². The Balaban J connectivity index is 0.791. The van der Waals surface area contributed by atoms with Crippen molar-refractivity contribution in [3.05, 3.63) is 74.3 Å². The number of halogens is 1. The molecule has 12 nitrogen and oxygen atoms in total. The quantitative estimate of drug-likeness (QED) is 0.154. The number of nitrogens with one attached hydrogen (secondary N) is 3. The van der Waals surface area contributed by atoms with Crippen LogP contribution in [0.4, 0.5) is 5.95 Å². The lowest BCUT2D eigenvalue weighted by Crippen LogP contribution is -2.47. The molecule has 3 aromatic heterocycles. The third-order valence-electron chi connectivity index (χ3n) is 10.8. The Morgan fingerprint density at radius 3 is 2.58 bits per heavy atom. The number of hydrogen-bond acceptors (Lipinski definition) is 10. The van der Waals surface area contributed by atoms with E-state index in [-0.39, 0.29) is 17.7 Å². The predicted molar refractivity (Wildman–Crippen MR) is 198 cm³/mol. The van der Waals surface area contributed by atoms with Crippen molar-refractivity contribution in [1.29, 1.82) is 0 Å². The molecule has 52 heavy (non-hydrogen) atoms. The first-order valence-electron chi connectivity index (χ1n) is 18.3. The van der Waals surface area contributed by atoms with Crippen LogP contribution >= 0.6 is 22.9 Å². The van der Waals surface area contributed by atoms with Gasteiger partial charge in [0.05, 0.1) is 28.7 Å². The fourth-order valence-corrected chi connectivity index (χ4v) is 8.72. The number of amides is 3. The average molecular weight is 743 g/mol. The van der Waals surface area contributed by atoms with Gasteiger partial charge in [-0.15, -0.1) is 11.3 Å². The highest BCUT2D eigenvalue weighted by Crippen LogP contribution is 2.37. The molecule has 1 atom stereocenters. The van der Waals surface area contributed by atoms with Crippen LogP contribution in [0.3, 0.4) is 0 Å². The summed E-state index contributed by atoms with van der Waals surface area (Å²) in [5, 5.41) is 16.6. The molecule has 5 heterocycles. The third kappa shape index (κ3) is 7.58. The van der Waals surface area contributed by atoms with Gasteiger partial charge in [0.2, 0.25) is 17.8 Å². The van der Waals surface area contributed by atoms with Gasteiger partial charge >= 0.3 is 0 Å². The van der Waals surface area contributed by atoms with Gasteiger partial charge in [-0.05, 0) is 81.4 Å². The largest absolute Gasteiger partial charge is 0.488 e. The number of aromatic nitrogens is 4. The zero-order chi connectivity index (χ0) is 35.8. The minimum Gasteiger partial charge on any atom is -0.488 e. The SMILES string of the molecule is Cn1ncc(-c2nc(NC3CCC(NCc4ccc(OCc5scc6c5CN([C@H]5CCCC(=O)NC5=O)C6=O)cc4)CC3)ncc2Cl)c1CC1CC1. The summed E-state index contributed by atoms with van der Waals surface area (Å²) < 4.78 is 8.07. The van der Waals surface area contributed by atoms with Crippen molar-refractivity contribution in [3.63, 3.8) is 0 Å². The number of fused-ring (bicyclic) bond motifs is 1. The normalized spacial score (nSPS) is 21.9. The Morgan fingerprint density at radius 2 is 1.79 bits per heavy atom. The van der Waals surface area contributed by atoms with Gasteiger partial charge in [-0.3, -0.25) is 24.4 Å². The number of rotatable bonds is 12. The Morgan fingerprint density at radius 1 is 1.00 bits per heavy atom. The van der Waals surface area contributed by atoms with Crippen LogP contribution in [-0.4, -0.2) is 60.5 Å². The summed E-state index contributed by atoms with van der Waals surface area (Å²) in [6.45, 7) is 1.48. The number of carbonyl (C=O) groups is 3. The van der Waals surface area contributed by atoms with E-state index in [2.05, 4.69) is 38.2 Å². The monoisotopic (exact) mass is 742 g/mol. The van der Waals surface area contributed by atoms with Crippen molar-refractivity contribution in [2.45, 2.75) is 102 Å². The number of benzene rings is 1. The maximum atomic E-state index is 13.1. The van der Waals surface area contributed by atoms with E-state index >= 15 is 0 Å². The summed E-state index contributed by atoms with van der Waals surface area (Å²) in [6.07, 6.45) is 12.6. The fraction of sp³-hybridized carbons (Fsp3) is 0.474. The molecular formula is C38H43ClN8O4S. The van der Waals surface area contributed by atoms with Crippen LogP contribution in [0, 0.1) is 5.92 Å². The van der Waals surface area contributed by atoms with Crippen molar-refractivity contribution in [2.75, 3.05) is 5.32 Å². The number of carbonyl (C=O) groups excluding carboxylic acids is 3. The number of imide groups is 1. The summed E-state index contributed by atoms with van der Waals surface area (Å²) in [7, 11) is 1.98. The number of anilines is 1. The van der Waals surface area contributed by atoms with Gasteiger partial charge in [-0.2, -0.15) is 5.10 Å². The average Bonchev–Trinajstić information content (AvgIpc) is 3.71. The topological polar surface area (TPSA) is 143 Å². The van der Waals surface area contributed by atoms with Crippen LogP contribution in [-0.2, 0) is 42.8 Å². The van der Waals surface area contributed by atoms with E-state index in [1.807, 2.05) is 35.4 Å². The lowest BCUT2D eigenvalue weighted by molar-refractivity contribution is -0.132. The molecule has 0 spiro atoms. The highest BCUT2D eigenvalue weighted by atomic mass is 35.5. The van der Waals surface area contributed by atoms with Crippen LogP contribution in [0.25, 0.3) is 11.3 Å². The van der Waals surface area contributed by atoms with E-state index in [1.165, 1.54) is 35.4 Å². The van der Waals surface area contributed by atoms with E-state index in [1.54, 1.807) is 11.1 Å². The second kappa shape index (κ2) is 15.0. The maximum absolute atomic E-state index is 13.1. The van der Waals surface area contributed by atoms with Crippen LogP contribution in [0.15, 0.2) is 42.0 Å². The lowest BCUT2D eigenvalue weighted by atomic mass is 9.91. The van der Waals surface area contributed by atoms with Crippen LogP contribution in [0.1, 0.15) is 89.8 Å². The molecule has 0 bridgehead atoms. The van der Waals surface area contributed by atoms with Gasteiger partial charge in [-0.1, -0.05) is 23.7 Å². The van der Waals surface area contributed by atoms with Crippen molar-refractivity contribution >= 4 is 46.6 Å². The first kappa shape index (κ1) is 34.7. The molecular weight excluding hydrogens is 700 g/mol. The van der Waals surface area contributed by atoms with Crippen molar-refractivity contribution in [1.82, 2.24) is 35.3 Å². The van der Waals surface area contributed by atoms with Gasteiger partial charge in [-0.25, -0.2) is 9.97 Å². The summed E-state index contributed by atoms with van der Waals surface area (Å²) >= 11 is 8.09. The van der Waals surface area contributed by atoms with Gasteiger partial charge < -0.3 is 20.3 Å². The van der Waals surface area contributed by atoms with E-state index in [0.29, 0.717) is 61.0 Å². The minimum absolute atomic E-state index is 0.156. The highest BCUT2D eigenvalue weighted by molar-refractivity contribution is 7.10. The number of thiophene rings is 1. The Labute approximate surface area is 311 Å². The molecule has 3 fully saturated rings. The predicted octanol–water partition coefficient (Wildman–Crippen LogP) is 5.79. The zero-order valence-electron chi connectivity index (χ0n) is 29.2. The molecule has 1 saturated heterocycles. The van der Waals surface area contributed by atoms with Gasteiger partial charge in [0.15, 0.2) is 0 Å².